The number of likely N-dealkylation sites (N-methyl/N-ethyl adjacent to an activating group) is 1. The Balaban J connectivity index is 2.18. The molecule has 2 rings (SSSR count). The van der Waals surface area contributed by atoms with Crippen molar-refractivity contribution < 1.29 is 4.74 Å². The molecule has 1 aliphatic rings. The molecule has 1 aliphatic carbocycles. The van der Waals surface area contributed by atoms with Gasteiger partial charge in [-0.05, 0) is 50.4 Å². The number of methoxy groups -OCH3 is 1. The molecule has 0 fully saturated rings. The fourth-order valence-electron chi connectivity index (χ4n) is 2.66. The van der Waals surface area contributed by atoms with Gasteiger partial charge in [-0.2, -0.15) is 0 Å². The molecule has 1 atom stereocenters. The zero-order valence-corrected chi connectivity index (χ0v) is 11.4. The highest BCUT2D eigenvalue weighted by Crippen LogP contribution is 2.29. The summed E-state index contributed by atoms with van der Waals surface area (Å²) in [7, 11) is 3.75. The van der Waals surface area contributed by atoms with Crippen molar-refractivity contribution in [2.24, 2.45) is 0 Å². The first-order valence-electron chi connectivity index (χ1n) is 6.85. The number of allylic oxidation sites excluding steroid dienone is 1. The van der Waals surface area contributed by atoms with Crippen molar-refractivity contribution in [2.75, 3.05) is 14.2 Å². The Kier molecular flexibility index (Phi) is 4.82. The van der Waals surface area contributed by atoms with E-state index in [1.165, 1.54) is 37.7 Å². The number of hydrogen-bond donors (Lipinski definition) is 1. The van der Waals surface area contributed by atoms with Gasteiger partial charge in [-0.25, -0.2) is 0 Å². The average Bonchev–Trinajstić information content (AvgIpc) is 2.70. The van der Waals surface area contributed by atoms with Gasteiger partial charge in [-0.15, -0.1) is 0 Å². The lowest BCUT2D eigenvalue weighted by atomic mass is 9.95. The van der Waals surface area contributed by atoms with Crippen LogP contribution in [0, 0.1) is 0 Å². The van der Waals surface area contributed by atoms with Crippen LogP contribution in [0.4, 0.5) is 0 Å². The monoisotopic (exact) mass is 245 g/mol. The number of rotatable bonds is 4. The first kappa shape index (κ1) is 13.2. The predicted molar refractivity (Wildman–Crippen MR) is 76.0 cm³/mol. The zero-order valence-electron chi connectivity index (χ0n) is 11.4. The van der Waals surface area contributed by atoms with Crippen molar-refractivity contribution in [3.05, 3.63) is 41.5 Å². The van der Waals surface area contributed by atoms with Crippen LogP contribution in [-0.4, -0.2) is 14.2 Å². The van der Waals surface area contributed by atoms with E-state index in [1.54, 1.807) is 12.7 Å². The van der Waals surface area contributed by atoms with E-state index in [0.29, 0.717) is 6.04 Å². The van der Waals surface area contributed by atoms with E-state index < -0.39 is 0 Å². The molecule has 1 aromatic carbocycles. The molecule has 0 saturated carbocycles. The lowest BCUT2D eigenvalue weighted by Gasteiger charge is -2.20. The lowest BCUT2D eigenvalue weighted by molar-refractivity contribution is 0.414. The van der Waals surface area contributed by atoms with Gasteiger partial charge < -0.3 is 10.1 Å². The van der Waals surface area contributed by atoms with Crippen LogP contribution in [0.15, 0.2) is 35.9 Å². The summed E-state index contributed by atoms with van der Waals surface area (Å²) in [6, 6.07) is 8.75. The Bertz CT molecular complexity index is 394. The first-order chi connectivity index (χ1) is 8.85. The van der Waals surface area contributed by atoms with Gasteiger partial charge in [0.1, 0.15) is 5.75 Å². The molecule has 2 nitrogen and oxygen atoms in total. The van der Waals surface area contributed by atoms with Crippen LogP contribution in [0.1, 0.15) is 43.7 Å². The van der Waals surface area contributed by atoms with E-state index in [4.69, 9.17) is 4.74 Å². The van der Waals surface area contributed by atoms with Gasteiger partial charge >= 0.3 is 0 Å². The molecule has 0 radical (unpaired) electrons. The summed E-state index contributed by atoms with van der Waals surface area (Å²) in [5.74, 6) is 0.920. The number of hydrogen-bond acceptors (Lipinski definition) is 2. The second kappa shape index (κ2) is 6.60. The summed E-state index contributed by atoms with van der Waals surface area (Å²) in [4.78, 5) is 0. The van der Waals surface area contributed by atoms with E-state index in [0.717, 1.165) is 5.75 Å². The Morgan fingerprint density at radius 2 is 1.89 bits per heavy atom. The van der Waals surface area contributed by atoms with Gasteiger partial charge in [0.2, 0.25) is 0 Å². The topological polar surface area (TPSA) is 21.3 Å². The van der Waals surface area contributed by atoms with E-state index in [-0.39, 0.29) is 0 Å². The Labute approximate surface area is 110 Å². The minimum Gasteiger partial charge on any atom is -0.497 e. The average molecular weight is 245 g/mol. The van der Waals surface area contributed by atoms with Crippen LogP contribution in [-0.2, 0) is 0 Å². The summed E-state index contributed by atoms with van der Waals surface area (Å²) >= 11 is 0. The molecular formula is C16H23NO. The van der Waals surface area contributed by atoms with Crippen LogP contribution in [0.3, 0.4) is 0 Å². The highest BCUT2D eigenvalue weighted by Gasteiger charge is 2.15. The third-order valence-electron chi connectivity index (χ3n) is 3.68. The van der Waals surface area contributed by atoms with Crippen LogP contribution >= 0.6 is 0 Å². The maximum Gasteiger partial charge on any atom is 0.118 e. The molecule has 0 spiro atoms. The minimum absolute atomic E-state index is 0.356. The van der Waals surface area contributed by atoms with Gasteiger partial charge in [0.25, 0.3) is 0 Å². The minimum atomic E-state index is 0.356. The highest BCUT2D eigenvalue weighted by atomic mass is 16.5. The molecule has 0 saturated heterocycles. The third kappa shape index (κ3) is 3.14. The SMILES string of the molecule is CNC(C1=CCCCCC1)c1ccc(OC)cc1. The molecule has 0 aliphatic heterocycles. The number of nitrogens with one attached hydrogen (secondary N) is 1. The second-order valence-electron chi connectivity index (χ2n) is 4.87. The van der Waals surface area contributed by atoms with E-state index in [2.05, 4.69) is 23.5 Å². The molecule has 0 amide bonds. The van der Waals surface area contributed by atoms with Gasteiger partial charge in [0.15, 0.2) is 0 Å². The summed E-state index contributed by atoms with van der Waals surface area (Å²) in [6.45, 7) is 0. The fourth-order valence-corrected chi connectivity index (χ4v) is 2.66. The second-order valence-corrected chi connectivity index (χ2v) is 4.87. The Morgan fingerprint density at radius 1 is 1.11 bits per heavy atom. The largest absolute Gasteiger partial charge is 0.497 e. The fraction of sp³-hybridized carbons (Fsp3) is 0.500. The van der Waals surface area contributed by atoms with Gasteiger partial charge in [0, 0.05) is 0 Å². The van der Waals surface area contributed by atoms with Gasteiger partial charge in [-0.1, -0.05) is 30.2 Å². The Hall–Kier alpha value is -1.28. The smallest absolute Gasteiger partial charge is 0.118 e. The molecule has 1 N–H and O–H groups in total. The maximum absolute atomic E-state index is 5.21. The summed E-state index contributed by atoms with van der Waals surface area (Å²) in [5.41, 5.74) is 2.87. The maximum atomic E-state index is 5.21. The molecule has 18 heavy (non-hydrogen) atoms. The number of benzene rings is 1. The summed E-state index contributed by atoms with van der Waals surface area (Å²) < 4.78 is 5.21. The molecule has 0 bridgehead atoms. The Morgan fingerprint density at radius 3 is 2.56 bits per heavy atom. The third-order valence-corrected chi connectivity index (χ3v) is 3.68. The lowest BCUT2D eigenvalue weighted by Crippen LogP contribution is -2.18. The van der Waals surface area contributed by atoms with Crippen LogP contribution in [0.2, 0.25) is 0 Å². The van der Waals surface area contributed by atoms with Crippen LogP contribution in [0.5, 0.6) is 5.75 Å². The molecule has 0 heterocycles. The highest BCUT2D eigenvalue weighted by molar-refractivity contribution is 5.33. The number of ether oxygens (including phenoxy) is 1. The standard InChI is InChI=1S/C16H23NO/c1-17-16(13-7-5-3-4-6-8-13)14-9-11-15(18-2)12-10-14/h7,9-12,16-17H,3-6,8H2,1-2H3. The van der Waals surface area contributed by atoms with Crippen molar-refractivity contribution in [1.82, 2.24) is 5.32 Å². The first-order valence-corrected chi connectivity index (χ1v) is 6.85. The van der Waals surface area contributed by atoms with Crippen LogP contribution in [0.25, 0.3) is 0 Å². The molecule has 0 aromatic heterocycles. The summed E-state index contributed by atoms with van der Waals surface area (Å²) in [6.07, 6.45) is 8.89. The van der Waals surface area contributed by atoms with Crippen molar-refractivity contribution >= 4 is 0 Å². The van der Waals surface area contributed by atoms with E-state index >= 15 is 0 Å². The molecule has 2 heteroatoms. The molecular weight excluding hydrogens is 222 g/mol. The van der Waals surface area contributed by atoms with Crippen molar-refractivity contribution in [2.45, 2.75) is 38.1 Å². The normalized spacial score (nSPS) is 17.8. The van der Waals surface area contributed by atoms with Crippen LogP contribution < -0.4 is 10.1 Å². The molecule has 98 valence electrons. The zero-order chi connectivity index (χ0) is 12.8. The van der Waals surface area contributed by atoms with Crippen molar-refractivity contribution in [3.63, 3.8) is 0 Å². The van der Waals surface area contributed by atoms with E-state index in [1.807, 2.05) is 19.2 Å². The quantitative estimate of drug-likeness (QED) is 0.814. The summed E-state index contributed by atoms with van der Waals surface area (Å²) in [5, 5.41) is 3.44. The molecule has 1 aromatic rings. The van der Waals surface area contributed by atoms with Crippen molar-refractivity contribution in [3.8, 4) is 5.75 Å². The van der Waals surface area contributed by atoms with E-state index in [9.17, 15) is 0 Å². The van der Waals surface area contributed by atoms with Gasteiger partial charge in [-0.3, -0.25) is 0 Å². The van der Waals surface area contributed by atoms with Crippen molar-refractivity contribution in [1.29, 1.82) is 0 Å². The predicted octanol–water partition coefficient (Wildman–Crippen LogP) is 3.85. The molecule has 1 unspecified atom stereocenters. The van der Waals surface area contributed by atoms with Gasteiger partial charge in [0.05, 0.1) is 13.2 Å².